The van der Waals surface area contributed by atoms with Gasteiger partial charge >= 0.3 is 0 Å². The highest BCUT2D eigenvalue weighted by molar-refractivity contribution is 6.34. The maximum atomic E-state index is 12.7. The molecule has 0 unspecified atom stereocenters. The monoisotopic (exact) mass is 399 g/mol. The van der Waals surface area contributed by atoms with Crippen LogP contribution in [0.25, 0.3) is 0 Å². The molecule has 2 heterocycles. The summed E-state index contributed by atoms with van der Waals surface area (Å²) in [6.45, 7) is 2.25. The largest absolute Gasteiger partial charge is 0.479 e. The van der Waals surface area contributed by atoms with Crippen LogP contribution in [0.2, 0.25) is 5.02 Å². The number of hydrogen-bond acceptors (Lipinski definition) is 4. The maximum absolute atomic E-state index is 12.7. The molecule has 2 aliphatic heterocycles. The van der Waals surface area contributed by atoms with Crippen LogP contribution in [0.5, 0.6) is 5.75 Å². The number of amides is 3. The van der Waals surface area contributed by atoms with Crippen LogP contribution in [0.15, 0.2) is 36.4 Å². The summed E-state index contributed by atoms with van der Waals surface area (Å²) in [7, 11) is 0. The van der Waals surface area contributed by atoms with E-state index in [0.717, 1.165) is 6.42 Å². The van der Waals surface area contributed by atoms with E-state index in [9.17, 15) is 14.4 Å². The van der Waals surface area contributed by atoms with Gasteiger partial charge in [-0.15, -0.1) is 0 Å². The van der Waals surface area contributed by atoms with E-state index in [1.54, 1.807) is 48.2 Å². The predicted octanol–water partition coefficient (Wildman–Crippen LogP) is 3.44. The van der Waals surface area contributed by atoms with Gasteiger partial charge in [-0.3, -0.25) is 14.4 Å². The highest BCUT2D eigenvalue weighted by Crippen LogP contribution is 2.33. The lowest BCUT2D eigenvalue weighted by Crippen LogP contribution is -2.34. The van der Waals surface area contributed by atoms with E-state index >= 15 is 0 Å². The van der Waals surface area contributed by atoms with E-state index in [-0.39, 0.29) is 17.7 Å². The number of halogens is 1. The molecule has 1 atom stereocenters. The molecule has 0 saturated carbocycles. The van der Waals surface area contributed by atoms with E-state index in [0.29, 0.717) is 46.4 Å². The summed E-state index contributed by atoms with van der Waals surface area (Å²) in [5.74, 6) is -0.0416. The summed E-state index contributed by atoms with van der Waals surface area (Å²) in [6.07, 6.45) is 0.690. The topological polar surface area (TPSA) is 87.7 Å². The van der Waals surface area contributed by atoms with Crippen LogP contribution in [-0.4, -0.2) is 30.4 Å². The standard InChI is InChI=1S/C20H18ClN3O4/c1-11-19(26)23-15-10-13(5-7-17(15)28-11)22-20(27)12-4-6-14(21)16(9-12)24-8-2-3-18(24)25/h4-7,9-11H,2-3,8H2,1H3,(H,22,27)(H,23,26)/t11-/m1/s1. The van der Waals surface area contributed by atoms with Gasteiger partial charge < -0.3 is 20.3 Å². The Morgan fingerprint density at radius 3 is 2.82 bits per heavy atom. The molecule has 1 fully saturated rings. The molecule has 4 rings (SSSR count). The Morgan fingerprint density at radius 1 is 1.25 bits per heavy atom. The molecule has 7 nitrogen and oxygen atoms in total. The Hall–Kier alpha value is -3.06. The zero-order chi connectivity index (χ0) is 19.8. The average molecular weight is 400 g/mol. The normalized spacial score (nSPS) is 18.4. The molecule has 0 aliphatic carbocycles. The molecule has 28 heavy (non-hydrogen) atoms. The van der Waals surface area contributed by atoms with Gasteiger partial charge in [0.05, 0.1) is 16.4 Å². The highest BCUT2D eigenvalue weighted by atomic mass is 35.5. The van der Waals surface area contributed by atoms with Crippen molar-refractivity contribution in [2.45, 2.75) is 25.9 Å². The van der Waals surface area contributed by atoms with Crippen molar-refractivity contribution < 1.29 is 19.1 Å². The fraction of sp³-hybridized carbons (Fsp3) is 0.250. The molecule has 0 aromatic heterocycles. The minimum absolute atomic E-state index is 0.000819. The number of anilines is 3. The first kappa shape index (κ1) is 18.3. The first-order chi connectivity index (χ1) is 13.4. The zero-order valence-corrected chi connectivity index (χ0v) is 15.9. The van der Waals surface area contributed by atoms with Gasteiger partial charge in [0, 0.05) is 24.2 Å². The third-order valence-corrected chi connectivity index (χ3v) is 5.06. The number of hydrogen-bond donors (Lipinski definition) is 2. The Balaban J connectivity index is 1.55. The second-order valence-electron chi connectivity index (χ2n) is 6.73. The number of nitrogens with zero attached hydrogens (tertiary/aromatic N) is 1. The van der Waals surface area contributed by atoms with Crippen molar-refractivity contribution in [3.05, 3.63) is 47.0 Å². The third kappa shape index (κ3) is 3.41. The SMILES string of the molecule is C[C@H]1Oc2ccc(NC(=O)c3ccc(Cl)c(N4CCCC4=O)c3)cc2NC1=O. The summed E-state index contributed by atoms with van der Waals surface area (Å²) in [6, 6.07) is 9.86. The lowest BCUT2D eigenvalue weighted by atomic mass is 10.1. The van der Waals surface area contributed by atoms with Crippen molar-refractivity contribution >= 4 is 46.4 Å². The van der Waals surface area contributed by atoms with Gasteiger partial charge in [-0.1, -0.05) is 11.6 Å². The molecule has 0 bridgehead atoms. The molecule has 144 valence electrons. The van der Waals surface area contributed by atoms with Gasteiger partial charge in [-0.05, 0) is 49.7 Å². The number of fused-ring (bicyclic) bond motifs is 1. The van der Waals surface area contributed by atoms with E-state index in [4.69, 9.17) is 16.3 Å². The van der Waals surface area contributed by atoms with E-state index in [2.05, 4.69) is 10.6 Å². The molecule has 3 amide bonds. The zero-order valence-electron chi connectivity index (χ0n) is 15.1. The fourth-order valence-electron chi connectivity index (χ4n) is 3.25. The molecule has 8 heteroatoms. The molecule has 2 aliphatic rings. The van der Waals surface area contributed by atoms with E-state index in [1.165, 1.54) is 0 Å². The van der Waals surface area contributed by atoms with Crippen molar-refractivity contribution in [3.63, 3.8) is 0 Å². The van der Waals surface area contributed by atoms with Gasteiger partial charge in [0.2, 0.25) is 5.91 Å². The lowest BCUT2D eigenvalue weighted by Gasteiger charge is -2.23. The number of benzene rings is 2. The van der Waals surface area contributed by atoms with Crippen LogP contribution in [0.3, 0.4) is 0 Å². The number of rotatable bonds is 3. The number of ether oxygens (including phenoxy) is 1. The van der Waals surface area contributed by atoms with Gasteiger partial charge in [0.25, 0.3) is 11.8 Å². The molecular weight excluding hydrogens is 382 g/mol. The minimum Gasteiger partial charge on any atom is -0.479 e. The minimum atomic E-state index is -0.561. The number of carbonyl (C=O) groups is 3. The quantitative estimate of drug-likeness (QED) is 0.827. The van der Waals surface area contributed by atoms with Crippen LogP contribution < -0.4 is 20.3 Å². The van der Waals surface area contributed by atoms with Crippen molar-refractivity contribution in [2.75, 3.05) is 22.1 Å². The van der Waals surface area contributed by atoms with Crippen LogP contribution in [0.4, 0.5) is 17.1 Å². The number of nitrogens with one attached hydrogen (secondary N) is 2. The van der Waals surface area contributed by atoms with Crippen molar-refractivity contribution in [3.8, 4) is 5.75 Å². The lowest BCUT2D eigenvalue weighted by molar-refractivity contribution is -0.122. The molecule has 2 aromatic carbocycles. The van der Waals surface area contributed by atoms with Gasteiger partial charge in [0.1, 0.15) is 5.75 Å². The fourth-order valence-corrected chi connectivity index (χ4v) is 3.47. The number of carbonyl (C=O) groups excluding carboxylic acids is 3. The second-order valence-corrected chi connectivity index (χ2v) is 7.14. The first-order valence-corrected chi connectivity index (χ1v) is 9.33. The maximum Gasteiger partial charge on any atom is 0.265 e. The first-order valence-electron chi connectivity index (χ1n) is 8.95. The summed E-state index contributed by atoms with van der Waals surface area (Å²) in [5.41, 5.74) is 1.93. The molecule has 2 N–H and O–H groups in total. The van der Waals surface area contributed by atoms with Gasteiger partial charge in [-0.2, -0.15) is 0 Å². The average Bonchev–Trinajstić information content (AvgIpc) is 3.09. The Kier molecular flexibility index (Phi) is 4.68. The summed E-state index contributed by atoms with van der Waals surface area (Å²) < 4.78 is 5.51. The Bertz CT molecular complexity index is 991. The van der Waals surface area contributed by atoms with Crippen LogP contribution in [0.1, 0.15) is 30.1 Å². The van der Waals surface area contributed by atoms with Crippen LogP contribution in [0, 0.1) is 0 Å². The van der Waals surface area contributed by atoms with Gasteiger partial charge in [0.15, 0.2) is 6.10 Å². The molecular formula is C20H18ClN3O4. The summed E-state index contributed by atoms with van der Waals surface area (Å²) in [4.78, 5) is 38.1. The molecule has 0 radical (unpaired) electrons. The molecule has 2 aromatic rings. The van der Waals surface area contributed by atoms with E-state index in [1.807, 2.05) is 0 Å². The second kappa shape index (κ2) is 7.16. The van der Waals surface area contributed by atoms with Crippen molar-refractivity contribution in [1.29, 1.82) is 0 Å². The van der Waals surface area contributed by atoms with Crippen molar-refractivity contribution in [1.82, 2.24) is 0 Å². The molecule has 1 saturated heterocycles. The summed E-state index contributed by atoms with van der Waals surface area (Å²) >= 11 is 6.23. The van der Waals surface area contributed by atoms with Gasteiger partial charge in [-0.25, -0.2) is 0 Å². The van der Waals surface area contributed by atoms with E-state index < -0.39 is 6.10 Å². The summed E-state index contributed by atoms with van der Waals surface area (Å²) in [5, 5.41) is 5.96. The van der Waals surface area contributed by atoms with Crippen LogP contribution in [-0.2, 0) is 9.59 Å². The van der Waals surface area contributed by atoms with Crippen molar-refractivity contribution in [2.24, 2.45) is 0 Å². The third-order valence-electron chi connectivity index (χ3n) is 4.74. The Morgan fingerprint density at radius 2 is 2.07 bits per heavy atom. The molecule has 0 spiro atoms. The Labute approximate surface area is 166 Å². The predicted molar refractivity (Wildman–Crippen MR) is 106 cm³/mol. The van der Waals surface area contributed by atoms with Crippen LogP contribution >= 0.6 is 11.6 Å². The smallest absolute Gasteiger partial charge is 0.265 e. The highest BCUT2D eigenvalue weighted by Gasteiger charge is 2.25.